The molecule has 1 aliphatic carbocycles. The topological polar surface area (TPSA) is 63.8 Å². The van der Waals surface area contributed by atoms with E-state index in [1.54, 1.807) is 12.4 Å². The predicted molar refractivity (Wildman–Crippen MR) is 69.4 cm³/mol. The van der Waals surface area contributed by atoms with Crippen LogP contribution in [0.4, 0.5) is 0 Å². The molecular formula is C14H16N4O. The summed E-state index contributed by atoms with van der Waals surface area (Å²) in [6.45, 7) is 2.04. The number of hydrogen-bond acceptors (Lipinski definition) is 5. The van der Waals surface area contributed by atoms with Crippen molar-refractivity contribution >= 4 is 0 Å². The van der Waals surface area contributed by atoms with Crippen molar-refractivity contribution in [3.63, 3.8) is 0 Å². The highest BCUT2D eigenvalue weighted by Gasteiger charge is 2.51. The second-order valence-electron chi connectivity index (χ2n) is 5.54. The average Bonchev–Trinajstić information content (AvgIpc) is 3.14. The van der Waals surface area contributed by atoms with Gasteiger partial charge in [0.15, 0.2) is 0 Å². The highest BCUT2D eigenvalue weighted by atomic mass is 16.5. The zero-order valence-electron chi connectivity index (χ0n) is 10.7. The third-order valence-corrected chi connectivity index (χ3v) is 4.58. The molecule has 2 aromatic heterocycles. The Morgan fingerprint density at radius 2 is 2.21 bits per heavy atom. The number of nitrogens with one attached hydrogen (secondary N) is 1. The molecule has 3 heterocycles. The van der Waals surface area contributed by atoms with Gasteiger partial charge in [0, 0.05) is 24.5 Å². The van der Waals surface area contributed by atoms with E-state index in [-0.39, 0.29) is 5.41 Å². The van der Waals surface area contributed by atoms with Crippen molar-refractivity contribution in [2.24, 2.45) is 5.92 Å². The smallest absolute Gasteiger partial charge is 0.234 e. The molecule has 2 aliphatic rings. The van der Waals surface area contributed by atoms with E-state index in [1.165, 1.54) is 12.8 Å². The van der Waals surface area contributed by atoms with Gasteiger partial charge in [0.1, 0.15) is 0 Å². The normalized spacial score (nSPS) is 29.6. The summed E-state index contributed by atoms with van der Waals surface area (Å²) in [7, 11) is 0. The van der Waals surface area contributed by atoms with Crippen LogP contribution >= 0.6 is 0 Å². The van der Waals surface area contributed by atoms with Crippen molar-refractivity contribution in [2.45, 2.75) is 24.7 Å². The van der Waals surface area contributed by atoms with Gasteiger partial charge in [-0.25, -0.2) is 0 Å². The number of nitrogens with zero attached hydrogens (tertiary/aromatic N) is 3. The maximum Gasteiger partial charge on any atom is 0.234 e. The van der Waals surface area contributed by atoms with Crippen LogP contribution in [0.15, 0.2) is 29.0 Å². The molecule has 1 aliphatic heterocycles. The second-order valence-corrected chi connectivity index (χ2v) is 5.54. The summed E-state index contributed by atoms with van der Waals surface area (Å²) < 4.78 is 5.59. The minimum atomic E-state index is 0.0816. The average molecular weight is 256 g/mol. The summed E-state index contributed by atoms with van der Waals surface area (Å²) in [6, 6.07) is 3.82. The zero-order chi connectivity index (χ0) is 12.7. The van der Waals surface area contributed by atoms with E-state index < -0.39 is 0 Å². The number of fused-ring (bicyclic) bond motifs is 1. The van der Waals surface area contributed by atoms with Gasteiger partial charge >= 0.3 is 0 Å². The third kappa shape index (κ3) is 1.61. The Labute approximate surface area is 111 Å². The van der Waals surface area contributed by atoms with E-state index >= 15 is 0 Å². The molecule has 5 nitrogen and oxygen atoms in total. The first kappa shape index (κ1) is 11.1. The lowest BCUT2D eigenvalue weighted by atomic mass is 9.80. The maximum atomic E-state index is 5.59. The molecule has 1 saturated heterocycles. The maximum absolute atomic E-state index is 5.59. The highest BCUT2D eigenvalue weighted by Crippen LogP contribution is 2.47. The molecule has 98 valence electrons. The minimum absolute atomic E-state index is 0.0816. The molecule has 1 N–H and O–H groups in total. The van der Waals surface area contributed by atoms with Crippen LogP contribution in [-0.2, 0) is 5.41 Å². The van der Waals surface area contributed by atoms with E-state index in [0.717, 1.165) is 31.0 Å². The van der Waals surface area contributed by atoms with Crippen LogP contribution in [0.1, 0.15) is 25.2 Å². The number of aromatic nitrogens is 3. The lowest BCUT2D eigenvalue weighted by molar-refractivity contribution is 0.265. The Balaban J connectivity index is 1.72. The number of hydrogen-bond donors (Lipinski definition) is 1. The van der Waals surface area contributed by atoms with Crippen molar-refractivity contribution in [1.82, 2.24) is 20.4 Å². The molecular weight excluding hydrogens is 240 g/mol. The largest absolute Gasteiger partial charge is 0.338 e. The third-order valence-electron chi connectivity index (χ3n) is 4.58. The van der Waals surface area contributed by atoms with Gasteiger partial charge in [-0.15, -0.1) is 0 Å². The fourth-order valence-electron chi connectivity index (χ4n) is 3.55. The first-order valence-corrected chi connectivity index (χ1v) is 6.84. The molecule has 19 heavy (non-hydrogen) atoms. The Morgan fingerprint density at radius 1 is 1.32 bits per heavy atom. The first-order valence-electron chi connectivity index (χ1n) is 6.84. The minimum Gasteiger partial charge on any atom is -0.338 e. The van der Waals surface area contributed by atoms with Crippen LogP contribution in [0.2, 0.25) is 0 Å². The van der Waals surface area contributed by atoms with E-state index in [1.807, 2.05) is 12.1 Å². The van der Waals surface area contributed by atoms with Crippen molar-refractivity contribution in [1.29, 1.82) is 0 Å². The Morgan fingerprint density at radius 3 is 3.11 bits per heavy atom. The molecule has 0 spiro atoms. The Hall–Kier alpha value is -1.75. The van der Waals surface area contributed by atoms with Crippen molar-refractivity contribution in [3.8, 4) is 11.4 Å². The Kier molecular flexibility index (Phi) is 2.41. The molecule has 0 aromatic carbocycles. The van der Waals surface area contributed by atoms with Gasteiger partial charge < -0.3 is 9.84 Å². The molecule has 0 radical (unpaired) electrons. The lowest BCUT2D eigenvalue weighted by Gasteiger charge is -2.22. The fraction of sp³-hybridized carbons (Fsp3) is 0.500. The van der Waals surface area contributed by atoms with Gasteiger partial charge in [-0.2, -0.15) is 4.98 Å². The predicted octanol–water partition coefficient (Wildman–Crippen LogP) is 1.77. The molecule has 1 saturated carbocycles. The van der Waals surface area contributed by atoms with E-state index in [9.17, 15) is 0 Å². The molecule has 5 heteroatoms. The standard InChI is InChI=1S/C14H16N4O/c1-2-11-8-16-9-14(11,5-1)13-17-12(18-19-13)10-3-6-15-7-4-10/h3-4,6-7,11,16H,1-2,5,8-9H2/t11-,14-/m1/s1. The SMILES string of the molecule is c1cc(-c2noc([C@@]34CCC[C@@H]3CNC4)n2)ccn1. The Bertz CT molecular complexity index is 570. The quantitative estimate of drug-likeness (QED) is 0.887. The van der Waals surface area contributed by atoms with Crippen LogP contribution in [0, 0.1) is 5.92 Å². The van der Waals surface area contributed by atoms with Gasteiger partial charge in [-0.3, -0.25) is 4.98 Å². The van der Waals surface area contributed by atoms with Gasteiger partial charge in [-0.05, 0) is 37.4 Å². The van der Waals surface area contributed by atoms with E-state index in [2.05, 4.69) is 20.4 Å². The van der Waals surface area contributed by atoms with Crippen LogP contribution in [0.3, 0.4) is 0 Å². The molecule has 0 bridgehead atoms. The first-order chi connectivity index (χ1) is 9.38. The van der Waals surface area contributed by atoms with Crippen molar-refractivity contribution in [3.05, 3.63) is 30.4 Å². The van der Waals surface area contributed by atoms with Gasteiger partial charge in [0.25, 0.3) is 0 Å². The van der Waals surface area contributed by atoms with Gasteiger partial charge in [0.05, 0.1) is 5.41 Å². The van der Waals surface area contributed by atoms with Gasteiger partial charge in [0.2, 0.25) is 11.7 Å². The van der Waals surface area contributed by atoms with Crippen LogP contribution in [-0.4, -0.2) is 28.2 Å². The molecule has 2 atom stereocenters. The lowest BCUT2D eigenvalue weighted by Crippen LogP contribution is -2.31. The fourth-order valence-corrected chi connectivity index (χ4v) is 3.55. The van der Waals surface area contributed by atoms with Crippen molar-refractivity contribution in [2.75, 3.05) is 13.1 Å². The van der Waals surface area contributed by atoms with Crippen LogP contribution in [0.5, 0.6) is 0 Å². The molecule has 2 aromatic rings. The molecule has 2 fully saturated rings. The summed E-state index contributed by atoms with van der Waals surface area (Å²) in [4.78, 5) is 8.66. The summed E-state index contributed by atoms with van der Waals surface area (Å²) in [5, 5.41) is 7.62. The zero-order valence-corrected chi connectivity index (χ0v) is 10.7. The molecule has 4 rings (SSSR count). The molecule has 0 unspecified atom stereocenters. The monoisotopic (exact) mass is 256 g/mol. The number of rotatable bonds is 2. The summed E-state index contributed by atoms with van der Waals surface area (Å²) in [6.07, 6.45) is 7.18. The van der Waals surface area contributed by atoms with Crippen LogP contribution < -0.4 is 5.32 Å². The van der Waals surface area contributed by atoms with Crippen LogP contribution in [0.25, 0.3) is 11.4 Å². The highest BCUT2D eigenvalue weighted by molar-refractivity contribution is 5.52. The van der Waals surface area contributed by atoms with Gasteiger partial charge in [-0.1, -0.05) is 11.6 Å². The molecule has 0 amide bonds. The van der Waals surface area contributed by atoms with E-state index in [4.69, 9.17) is 4.52 Å². The van der Waals surface area contributed by atoms with Crippen molar-refractivity contribution < 1.29 is 4.52 Å². The second kappa shape index (κ2) is 4.13. The summed E-state index contributed by atoms with van der Waals surface area (Å²) >= 11 is 0. The summed E-state index contributed by atoms with van der Waals surface area (Å²) in [5.74, 6) is 2.13. The summed E-state index contributed by atoms with van der Waals surface area (Å²) in [5.41, 5.74) is 1.04. The number of pyridine rings is 1. The van der Waals surface area contributed by atoms with E-state index in [0.29, 0.717) is 11.7 Å².